The fourth-order valence-electron chi connectivity index (χ4n) is 3.36. The maximum atomic E-state index is 5.58. The van der Waals surface area contributed by atoms with Crippen LogP contribution in [0.4, 0.5) is 11.4 Å². The van der Waals surface area contributed by atoms with E-state index in [1.165, 1.54) is 0 Å². The van der Waals surface area contributed by atoms with Gasteiger partial charge in [-0.25, -0.2) is 9.97 Å². The van der Waals surface area contributed by atoms with Gasteiger partial charge >= 0.3 is 0 Å². The number of aryl methyl sites for hydroxylation is 1. The van der Waals surface area contributed by atoms with Gasteiger partial charge in [-0.1, -0.05) is 5.16 Å². The Bertz CT molecular complexity index is 1230. The van der Waals surface area contributed by atoms with Crippen molar-refractivity contribution in [2.75, 3.05) is 19.5 Å². The number of ether oxygens (including phenoxy) is 2. The highest BCUT2D eigenvalue weighted by atomic mass is 16.5. The zero-order valence-corrected chi connectivity index (χ0v) is 17.0. The summed E-state index contributed by atoms with van der Waals surface area (Å²) in [6, 6.07) is 9.54. The fraction of sp³-hybridized carbons (Fsp3) is 0.273. The quantitative estimate of drug-likeness (QED) is 0.498. The van der Waals surface area contributed by atoms with Gasteiger partial charge in [0.25, 0.3) is 5.89 Å². The highest BCUT2D eigenvalue weighted by molar-refractivity contribution is 5.98. The smallest absolute Gasteiger partial charge is 0.261 e. The highest BCUT2D eigenvalue weighted by Gasteiger charge is 2.29. The zero-order chi connectivity index (χ0) is 20.7. The second kappa shape index (κ2) is 7.29. The Balaban J connectivity index is 1.66. The van der Waals surface area contributed by atoms with E-state index in [0.717, 1.165) is 41.1 Å². The van der Waals surface area contributed by atoms with Crippen LogP contribution in [0.25, 0.3) is 22.5 Å². The summed E-state index contributed by atoms with van der Waals surface area (Å²) in [7, 11) is 3.24. The van der Waals surface area contributed by atoms with Gasteiger partial charge in [-0.3, -0.25) is 0 Å². The van der Waals surface area contributed by atoms with E-state index < -0.39 is 0 Å². The van der Waals surface area contributed by atoms with Gasteiger partial charge in [-0.15, -0.1) is 0 Å². The summed E-state index contributed by atoms with van der Waals surface area (Å²) in [4.78, 5) is 13.7. The van der Waals surface area contributed by atoms with Crippen LogP contribution in [0.1, 0.15) is 30.3 Å². The molecule has 0 radical (unpaired) electrons. The van der Waals surface area contributed by atoms with E-state index in [1.807, 2.05) is 37.3 Å². The minimum absolute atomic E-state index is 0.401. The Morgan fingerprint density at radius 3 is 2.70 bits per heavy atom. The van der Waals surface area contributed by atoms with Gasteiger partial charge in [0.15, 0.2) is 11.5 Å². The van der Waals surface area contributed by atoms with Crippen LogP contribution in [0.5, 0.6) is 11.5 Å². The Kier molecular flexibility index (Phi) is 4.46. The van der Waals surface area contributed by atoms with Crippen molar-refractivity contribution in [3.8, 4) is 23.0 Å². The molecule has 0 atom stereocenters. The number of methoxy groups -OCH3 is 2. The van der Waals surface area contributed by atoms with Gasteiger partial charge in [-0.05, 0) is 44.0 Å². The first kappa shape index (κ1) is 18.4. The van der Waals surface area contributed by atoms with Crippen molar-refractivity contribution in [1.82, 2.24) is 20.1 Å². The Morgan fingerprint density at radius 1 is 1.07 bits per heavy atom. The van der Waals surface area contributed by atoms with Crippen molar-refractivity contribution in [3.63, 3.8) is 0 Å². The molecule has 1 N–H and O–H groups in total. The summed E-state index contributed by atoms with van der Waals surface area (Å²) < 4.78 is 16.4. The lowest BCUT2D eigenvalue weighted by Gasteiger charge is -2.16. The van der Waals surface area contributed by atoms with Crippen molar-refractivity contribution in [2.45, 2.75) is 25.7 Å². The molecule has 8 heteroatoms. The van der Waals surface area contributed by atoms with Gasteiger partial charge in [0.2, 0.25) is 0 Å². The number of fused-ring (bicyclic) bond motifs is 1. The maximum Gasteiger partial charge on any atom is 0.261 e. The normalized spacial score (nSPS) is 13.4. The molecule has 0 aliphatic heterocycles. The van der Waals surface area contributed by atoms with E-state index >= 15 is 0 Å². The molecule has 4 aromatic rings. The molecule has 0 spiro atoms. The van der Waals surface area contributed by atoms with Crippen molar-refractivity contribution in [3.05, 3.63) is 48.0 Å². The third-order valence-electron chi connectivity index (χ3n) is 5.15. The third-order valence-corrected chi connectivity index (χ3v) is 5.15. The largest absolute Gasteiger partial charge is 0.497 e. The van der Waals surface area contributed by atoms with Crippen LogP contribution in [-0.2, 0) is 0 Å². The van der Waals surface area contributed by atoms with Gasteiger partial charge in [0.05, 0.1) is 31.2 Å². The lowest BCUT2D eigenvalue weighted by atomic mass is 10.1. The number of benzene rings is 1. The van der Waals surface area contributed by atoms with Crippen LogP contribution in [-0.4, -0.2) is 34.3 Å². The molecule has 30 heavy (non-hydrogen) atoms. The van der Waals surface area contributed by atoms with Crippen LogP contribution >= 0.6 is 0 Å². The van der Waals surface area contributed by atoms with E-state index in [2.05, 4.69) is 25.4 Å². The first-order valence-electron chi connectivity index (χ1n) is 9.75. The molecule has 0 saturated heterocycles. The van der Waals surface area contributed by atoms with E-state index in [0.29, 0.717) is 34.5 Å². The number of nitrogens with zero attached hydrogens (tertiary/aromatic N) is 4. The van der Waals surface area contributed by atoms with Gasteiger partial charge in [0, 0.05) is 29.3 Å². The topological polar surface area (TPSA) is 95.2 Å². The van der Waals surface area contributed by atoms with E-state index in [-0.39, 0.29) is 0 Å². The number of nitrogens with one attached hydrogen (secondary N) is 1. The SMILES string of the molecule is COc1ccc(Nc2c(-c3nc(C4CC4)no3)cnc3nc(C)ccc23)c(OC)c1. The predicted octanol–water partition coefficient (Wildman–Crippen LogP) is 4.63. The van der Waals surface area contributed by atoms with Crippen LogP contribution in [0.15, 0.2) is 41.1 Å². The summed E-state index contributed by atoms with van der Waals surface area (Å²) in [6.07, 6.45) is 3.93. The van der Waals surface area contributed by atoms with Crippen molar-refractivity contribution in [1.29, 1.82) is 0 Å². The molecule has 5 rings (SSSR count). The van der Waals surface area contributed by atoms with E-state index in [9.17, 15) is 0 Å². The van der Waals surface area contributed by atoms with Gasteiger partial charge in [0.1, 0.15) is 11.5 Å². The summed E-state index contributed by atoms with van der Waals surface area (Å²) in [5.74, 6) is 2.94. The molecule has 1 aromatic carbocycles. The molecule has 1 fully saturated rings. The minimum atomic E-state index is 0.401. The lowest BCUT2D eigenvalue weighted by Crippen LogP contribution is -2.00. The zero-order valence-electron chi connectivity index (χ0n) is 17.0. The number of anilines is 2. The summed E-state index contributed by atoms with van der Waals surface area (Å²) in [5, 5.41) is 8.47. The molecule has 1 aliphatic carbocycles. The van der Waals surface area contributed by atoms with Crippen LogP contribution < -0.4 is 14.8 Å². The molecule has 0 amide bonds. The van der Waals surface area contributed by atoms with E-state index in [1.54, 1.807) is 20.4 Å². The second-order valence-electron chi connectivity index (χ2n) is 7.29. The molecule has 1 aliphatic rings. The van der Waals surface area contributed by atoms with Crippen molar-refractivity contribution in [2.24, 2.45) is 0 Å². The van der Waals surface area contributed by atoms with E-state index in [4.69, 9.17) is 14.0 Å². The summed E-state index contributed by atoms with van der Waals surface area (Å²) in [6.45, 7) is 1.94. The Hall–Kier alpha value is -3.68. The third kappa shape index (κ3) is 3.30. The highest BCUT2D eigenvalue weighted by Crippen LogP contribution is 2.41. The Labute approximate surface area is 173 Å². The lowest BCUT2D eigenvalue weighted by molar-refractivity contribution is 0.395. The van der Waals surface area contributed by atoms with Crippen molar-refractivity contribution >= 4 is 22.4 Å². The van der Waals surface area contributed by atoms with Crippen LogP contribution in [0.2, 0.25) is 0 Å². The molecule has 1 saturated carbocycles. The van der Waals surface area contributed by atoms with Crippen LogP contribution in [0.3, 0.4) is 0 Å². The predicted molar refractivity (Wildman–Crippen MR) is 112 cm³/mol. The molecule has 0 unspecified atom stereocenters. The van der Waals surface area contributed by atoms with Crippen LogP contribution in [0, 0.1) is 6.92 Å². The minimum Gasteiger partial charge on any atom is -0.497 e. The first-order chi connectivity index (χ1) is 14.7. The van der Waals surface area contributed by atoms with Gasteiger partial charge in [-0.2, -0.15) is 4.98 Å². The number of aromatic nitrogens is 4. The Morgan fingerprint density at radius 2 is 1.93 bits per heavy atom. The molecule has 0 bridgehead atoms. The number of rotatable bonds is 6. The number of hydrogen-bond donors (Lipinski definition) is 1. The molecular weight excluding hydrogens is 382 g/mol. The average molecular weight is 403 g/mol. The fourth-order valence-corrected chi connectivity index (χ4v) is 3.36. The number of hydrogen-bond acceptors (Lipinski definition) is 8. The molecule has 3 heterocycles. The standard InChI is InChI=1S/C22H21N5O3/c1-12-4-8-15-19(25-17-9-7-14(28-2)10-18(17)29-3)16(11-23-21(15)24-12)22-26-20(27-30-22)13-5-6-13/h4,7-11,13H,5-6H2,1-3H3,(H,23,24,25). The molecule has 8 nitrogen and oxygen atoms in total. The monoisotopic (exact) mass is 403 g/mol. The number of pyridine rings is 2. The molecule has 3 aromatic heterocycles. The summed E-state index contributed by atoms with van der Waals surface area (Å²) in [5.41, 5.74) is 3.79. The molecular formula is C22H21N5O3. The average Bonchev–Trinajstić information content (AvgIpc) is 3.51. The first-order valence-corrected chi connectivity index (χ1v) is 9.75. The molecule has 152 valence electrons. The van der Waals surface area contributed by atoms with Gasteiger partial charge < -0.3 is 19.3 Å². The second-order valence-corrected chi connectivity index (χ2v) is 7.29. The van der Waals surface area contributed by atoms with Crippen molar-refractivity contribution < 1.29 is 14.0 Å². The maximum absolute atomic E-state index is 5.58. The summed E-state index contributed by atoms with van der Waals surface area (Å²) >= 11 is 0.